The number of carbonyl (C=O) groups excluding carboxylic acids is 5. The summed E-state index contributed by atoms with van der Waals surface area (Å²) in [6.07, 6.45) is 11.6. The maximum absolute atomic E-state index is 11.0. The molecule has 0 spiro atoms. The molecule has 0 rings (SSSR count). The van der Waals surface area contributed by atoms with Gasteiger partial charge in [0.05, 0.1) is 6.61 Å². The number of hydrogen-bond donors (Lipinski definition) is 0. The highest BCUT2D eigenvalue weighted by Gasteiger charge is 2.02. The van der Waals surface area contributed by atoms with Crippen molar-refractivity contribution in [3.05, 3.63) is 49.1 Å². The monoisotopic (exact) mass is 666 g/mol. The molecule has 0 aromatic carbocycles. The van der Waals surface area contributed by atoms with Crippen molar-refractivity contribution in [3.63, 3.8) is 0 Å². The molecule has 7 heteroatoms. The smallest absolute Gasteiger partial charge is 0.207 e. The Kier molecular flexibility index (Phi) is 57.0. The van der Waals surface area contributed by atoms with Gasteiger partial charge >= 0.3 is 0 Å². The second kappa shape index (κ2) is 42.8. The summed E-state index contributed by atoms with van der Waals surface area (Å²) in [5, 5.41) is 0. The molecule has 0 aliphatic rings. The summed E-state index contributed by atoms with van der Waals surface area (Å²) in [5.41, 5.74) is 0. The summed E-state index contributed by atoms with van der Waals surface area (Å²) in [6.45, 7) is 26.9. The van der Waals surface area contributed by atoms with Crippen molar-refractivity contribution < 1.29 is 28.7 Å². The fraction of sp³-hybridized carbons (Fsp3) is 0.625. The van der Waals surface area contributed by atoms with E-state index in [-0.39, 0.29) is 80.8 Å². The number of hydrogen-bond acceptors (Lipinski definition) is 7. The molecule has 0 saturated heterocycles. The highest BCUT2D eigenvalue weighted by Crippen LogP contribution is 1.96. The first-order chi connectivity index (χ1) is 20.3. The molecule has 0 aromatic heterocycles. The zero-order valence-electron chi connectivity index (χ0n) is 30.4. The van der Waals surface area contributed by atoms with Gasteiger partial charge in [-0.3, -0.25) is 24.0 Å². The zero-order valence-corrected chi connectivity index (χ0v) is 30.4. The molecule has 0 amide bonds. The van der Waals surface area contributed by atoms with Crippen molar-refractivity contribution in [1.82, 2.24) is 4.90 Å². The van der Waals surface area contributed by atoms with E-state index in [1.54, 1.807) is 44.4 Å². The molecule has 276 valence electrons. The van der Waals surface area contributed by atoms with Crippen molar-refractivity contribution in [1.29, 1.82) is 0 Å². The number of Topliss-reactive ketones (excluding diaryl/α,β-unsaturated/α-hetero) is 1. The van der Waals surface area contributed by atoms with E-state index in [0.717, 1.165) is 6.54 Å². The SMILES string of the molecule is C.C.C.C/C=C/C(=O)C(C)C.C=CC(=O)C(C)C.CC#CC(=O)C(C)C.CC(C)C(=O)/C=C/CN(C)C.COC/C=C/C(=O)C(C)C. The molecule has 0 heterocycles. The largest absolute Gasteiger partial charge is 0.381 e. The van der Waals surface area contributed by atoms with Gasteiger partial charge in [0, 0.05) is 43.2 Å². The van der Waals surface area contributed by atoms with Gasteiger partial charge in [-0.25, -0.2) is 0 Å². The van der Waals surface area contributed by atoms with Crippen LogP contribution in [0.25, 0.3) is 0 Å². The average Bonchev–Trinajstić information content (AvgIpc) is 2.93. The summed E-state index contributed by atoms with van der Waals surface area (Å²) >= 11 is 0. The Morgan fingerprint density at radius 2 is 1.02 bits per heavy atom. The zero-order chi connectivity index (χ0) is 35.8. The quantitative estimate of drug-likeness (QED) is 0.110. The number of carbonyl (C=O) groups is 5. The van der Waals surface area contributed by atoms with E-state index in [0.29, 0.717) is 6.61 Å². The number of methoxy groups -OCH3 is 1. The molecule has 0 bridgehead atoms. The molecule has 0 N–H and O–H groups in total. The van der Waals surface area contributed by atoms with E-state index in [1.165, 1.54) is 6.08 Å². The third-order valence-corrected chi connectivity index (χ3v) is 4.88. The van der Waals surface area contributed by atoms with Gasteiger partial charge in [-0.2, -0.15) is 0 Å². The minimum atomic E-state index is 0. The van der Waals surface area contributed by atoms with Crippen LogP contribution in [-0.2, 0) is 28.7 Å². The van der Waals surface area contributed by atoms with Crippen LogP contribution in [0.5, 0.6) is 0 Å². The van der Waals surface area contributed by atoms with E-state index in [1.807, 2.05) is 101 Å². The Bertz CT molecular complexity index is 953. The predicted octanol–water partition coefficient (Wildman–Crippen LogP) is 9.07. The fourth-order valence-electron chi connectivity index (χ4n) is 1.89. The summed E-state index contributed by atoms with van der Waals surface area (Å²) < 4.78 is 4.73. The molecule has 0 aliphatic carbocycles. The van der Waals surface area contributed by atoms with Gasteiger partial charge in [0.25, 0.3) is 0 Å². The number of ether oxygens (including phenoxy) is 1. The van der Waals surface area contributed by atoms with Crippen molar-refractivity contribution in [2.45, 2.75) is 105 Å². The first-order valence-corrected chi connectivity index (χ1v) is 15.1. The second-order valence-corrected chi connectivity index (χ2v) is 11.3. The lowest BCUT2D eigenvalue weighted by Gasteiger charge is -2.03. The molecule has 47 heavy (non-hydrogen) atoms. The number of allylic oxidation sites excluding steroid dienone is 5. The van der Waals surface area contributed by atoms with Crippen molar-refractivity contribution >= 4 is 28.9 Å². The van der Waals surface area contributed by atoms with Crippen molar-refractivity contribution in [2.24, 2.45) is 29.6 Å². The Balaban J connectivity index is -0.0000000669. The average molecular weight is 666 g/mol. The van der Waals surface area contributed by atoms with Crippen LogP contribution in [0.2, 0.25) is 0 Å². The van der Waals surface area contributed by atoms with Crippen LogP contribution in [-0.4, -0.2) is 68.2 Å². The van der Waals surface area contributed by atoms with Crippen LogP contribution in [0.3, 0.4) is 0 Å². The summed E-state index contributed by atoms with van der Waals surface area (Å²) in [7, 11) is 5.55. The first kappa shape index (κ1) is 62.6. The minimum Gasteiger partial charge on any atom is -0.381 e. The standard InChI is InChI=1S/C9H17NO.C8H14O2.C7H12O.C7H10O.C6H10O.3CH4/c1-8(2)9(11)6-5-7-10(3)4;1-7(2)8(9)5-4-6-10-3;2*1-4-5-7(8)6(2)3;1-4-6(7)5(2)3;;;/h5-6,8H,7H2,1-4H3;4-5,7H,6H2,1-3H3;4-6H,1-3H3;6H,1-3H3;4-5H,1H2,2-3H3;3*1H4/b6-5+;2*5-4+;;;;;. The molecular weight excluding hydrogens is 590 g/mol. The molecule has 0 saturated carbocycles. The Morgan fingerprint density at radius 3 is 1.21 bits per heavy atom. The third-order valence-electron chi connectivity index (χ3n) is 4.88. The van der Waals surface area contributed by atoms with E-state index in [2.05, 4.69) is 18.4 Å². The Hall–Kier alpha value is -3.21. The van der Waals surface area contributed by atoms with Gasteiger partial charge in [0.2, 0.25) is 5.78 Å². The van der Waals surface area contributed by atoms with Gasteiger partial charge in [-0.1, -0.05) is 122 Å². The van der Waals surface area contributed by atoms with Crippen LogP contribution < -0.4 is 0 Å². The molecule has 0 aromatic rings. The van der Waals surface area contributed by atoms with Crippen LogP contribution >= 0.6 is 0 Å². The fourth-order valence-corrected chi connectivity index (χ4v) is 1.89. The summed E-state index contributed by atoms with van der Waals surface area (Å²) in [4.78, 5) is 55.5. The maximum Gasteiger partial charge on any atom is 0.207 e. The van der Waals surface area contributed by atoms with Crippen LogP contribution in [0.1, 0.15) is 105 Å². The number of ketones is 5. The second-order valence-electron chi connectivity index (χ2n) is 11.3. The van der Waals surface area contributed by atoms with Gasteiger partial charge < -0.3 is 9.64 Å². The number of rotatable bonds is 13. The Morgan fingerprint density at radius 1 is 0.660 bits per heavy atom. The minimum absolute atomic E-state index is 0. The van der Waals surface area contributed by atoms with Crippen LogP contribution in [0.4, 0.5) is 0 Å². The third kappa shape index (κ3) is 55.6. The highest BCUT2D eigenvalue weighted by molar-refractivity contribution is 5.96. The van der Waals surface area contributed by atoms with E-state index < -0.39 is 0 Å². The van der Waals surface area contributed by atoms with Gasteiger partial charge in [-0.15, -0.1) is 0 Å². The molecule has 0 radical (unpaired) electrons. The van der Waals surface area contributed by atoms with Gasteiger partial charge in [0.1, 0.15) is 0 Å². The lowest BCUT2D eigenvalue weighted by Crippen LogP contribution is -2.11. The van der Waals surface area contributed by atoms with Crippen molar-refractivity contribution in [2.75, 3.05) is 34.4 Å². The Labute approximate surface area is 292 Å². The topological polar surface area (TPSA) is 97.8 Å². The van der Waals surface area contributed by atoms with Crippen LogP contribution in [0.15, 0.2) is 49.1 Å². The molecule has 7 nitrogen and oxygen atoms in total. The molecule has 0 fully saturated rings. The van der Waals surface area contributed by atoms with Gasteiger partial charge in [-0.05, 0) is 58.2 Å². The maximum atomic E-state index is 11.0. The summed E-state index contributed by atoms with van der Waals surface area (Å²) in [5.74, 6) is 6.21. The van der Waals surface area contributed by atoms with Crippen LogP contribution in [0, 0.1) is 41.4 Å². The summed E-state index contributed by atoms with van der Waals surface area (Å²) in [6, 6.07) is 0. The lowest BCUT2D eigenvalue weighted by atomic mass is 10.1. The normalized spacial score (nSPS) is 9.72. The van der Waals surface area contributed by atoms with Gasteiger partial charge in [0.15, 0.2) is 23.1 Å². The molecule has 0 atom stereocenters. The number of likely N-dealkylation sites (N-methyl/N-ethyl adjacent to an activating group) is 1. The first-order valence-electron chi connectivity index (χ1n) is 15.1. The molecule has 0 unspecified atom stereocenters. The van der Waals surface area contributed by atoms with Crippen molar-refractivity contribution in [3.8, 4) is 11.8 Å². The van der Waals surface area contributed by atoms with E-state index in [4.69, 9.17) is 4.74 Å². The highest BCUT2D eigenvalue weighted by atomic mass is 16.5. The van der Waals surface area contributed by atoms with E-state index in [9.17, 15) is 24.0 Å². The predicted molar refractivity (Wildman–Crippen MR) is 207 cm³/mol. The number of nitrogens with zero attached hydrogens (tertiary/aromatic N) is 1. The van der Waals surface area contributed by atoms with E-state index >= 15 is 0 Å². The molecular formula is C40H75NO6. The lowest BCUT2D eigenvalue weighted by molar-refractivity contribution is -0.118. The molecule has 0 aliphatic heterocycles.